The number of rotatable bonds is 5. The van der Waals surface area contributed by atoms with Gasteiger partial charge in [0.05, 0.1) is 12.4 Å². The Labute approximate surface area is 132 Å². The van der Waals surface area contributed by atoms with Crippen molar-refractivity contribution in [3.63, 3.8) is 0 Å². The van der Waals surface area contributed by atoms with Crippen LogP contribution in [0.3, 0.4) is 0 Å². The highest BCUT2D eigenvalue weighted by molar-refractivity contribution is 5.80. The van der Waals surface area contributed by atoms with Crippen molar-refractivity contribution >= 4 is 5.91 Å². The molecule has 0 unspecified atom stereocenters. The van der Waals surface area contributed by atoms with Gasteiger partial charge in [-0.05, 0) is 33.1 Å². The molecule has 22 heavy (non-hydrogen) atoms. The van der Waals surface area contributed by atoms with E-state index in [9.17, 15) is 4.79 Å². The molecule has 0 saturated heterocycles. The average Bonchev–Trinajstić information content (AvgIpc) is 3.08. The fraction of sp³-hybridized carbons (Fsp3) is 0.765. The highest BCUT2D eigenvalue weighted by atomic mass is 16.5. The monoisotopic (exact) mass is 305 g/mol. The van der Waals surface area contributed by atoms with Crippen LogP contribution in [0.5, 0.6) is 0 Å². The zero-order valence-corrected chi connectivity index (χ0v) is 13.6. The van der Waals surface area contributed by atoms with Crippen LogP contribution >= 0.6 is 0 Å². The molecule has 1 spiro atoms. The standard InChI is InChI=1S/C17H27N3O2/c1-3-22-15-11-14(17(15)7-5-4-6-8-17)19-16(21)13(2)20-10-9-18-12-20/h9-10,12-15H,3-8,11H2,1-2H3,(H,19,21)/t13-,14-,15-/m1/s1. The summed E-state index contributed by atoms with van der Waals surface area (Å²) in [5.41, 5.74) is 0.179. The van der Waals surface area contributed by atoms with Crippen LogP contribution in [0.15, 0.2) is 18.7 Å². The van der Waals surface area contributed by atoms with Gasteiger partial charge in [-0.1, -0.05) is 19.3 Å². The largest absolute Gasteiger partial charge is 0.378 e. The van der Waals surface area contributed by atoms with Crippen molar-refractivity contribution in [2.75, 3.05) is 6.61 Å². The minimum Gasteiger partial charge on any atom is -0.378 e. The van der Waals surface area contributed by atoms with Crippen LogP contribution < -0.4 is 5.32 Å². The molecule has 1 heterocycles. The van der Waals surface area contributed by atoms with Gasteiger partial charge in [-0.2, -0.15) is 0 Å². The van der Waals surface area contributed by atoms with Crippen molar-refractivity contribution in [1.29, 1.82) is 0 Å². The van der Waals surface area contributed by atoms with Gasteiger partial charge in [-0.15, -0.1) is 0 Å². The van der Waals surface area contributed by atoms with E-state index in [0.717, 1.165) is 13.0 Å². The van der Waals surface area contributed by atoms with E-state index in [2.05, 4.69) is 17.2 Å². The molecule has 1 N–H and O–H groups in total. The Balaban J connectivity index is 1.65. The van der Waals surface area contributed by atoms with Crippen LogP contribution in [0, 0.1) is 5.41 Å². The van der Waals surface area contributed by atoms with Gasteiger partial charge < -0.3 is 14.6 Å². The van der Waals surface area contributed by atoms with Gasteiger partial charge in [0.1, 0.15) is 6.04 Å². The number of carbonyl (C=O) groups excluding carboxylic acids is 1. The number of hydrogen-bond donors (Lipinski definition) is 1. The molecule has 1 amide bonds. The van der Waals surface area contributed by atoms with Gasteiger partial charge in [0, 0.05) is 30.5 Å². The van der Waals surface area contributed by atoms with Gasteiger partial charge in [-0.25, -0.2) is 4.98 Å². The summed E-state index contributed by atoms with van der Waals surface area (Å²) in [7, 11) is 0. The van der Waals surface area contributed by atoms with Crippen LogP contribution in [0.4, 0.5) is 0 Å². The van der Waals surface area contributed by atoms with Gasteiger partial charge in [-0.3, -0.25) is 4.79 Å². The molecule has 2 aliphatic rings. The van der Waals surface area contributed by atoms with E-state index >= 15 is 0 Å². The molecular weight excluding hydrogens is 278 g/mol. The quantitative estimate of drug-likeness (QED) is 0.910. The van der Waals surface area contributed by atoms with Crippen molar-refractivity contribution in [3.05, 3.63) is 18.7 Å². The molecule has 5 heteroatoms. The minimum atomic E-state index is -0.214. The molecule has 2 aliphatic carbocycles. The lowest BCUT2D eigenvalue weighted by atomic mass is 9.55. The Morgan fingerprint density at radius 3 is 2.86 bits per heavy atom. The average molecular weight is 305 g/mol. The van der Waals surface area contributed by atoms with E-state index in [0.29, 0.717) is 6.10 Å². The minimum absolute atomic E-state index is 0.0860. The summed E-state index contributed by atoms with van der Waals surface area (Å²) in [4.78, 5) is 16.6. The Bertz CT molecular complexity index is 494. The third kappa shape index (κ3) is 2.67. The number of ether oxygens (including phenoxy) is 1. The molecule has 1 aromatic rings. The lowest BCUT2D eigenvalue weighted by Crippen LogP contribution is -2.65. The normalized spacial score (nSPS) is 28.1. The molecule has 2 saturated carbocycles. The molecule has 3 rings (SSSR count). The lowest BCUT2D eigenvalue weighted by molar-refractivity contribution is -0.158. The highest BCUT2D eigenvalue weighted by Gasteiger charge is 2.56. The number of nitrogens with zero attached hydrogens (tertiary/aromatic N) is 2. The topological polar surface area (TPSA) is 56.1 Å². The third-order valence-electron chi connectivity index (χ3n) is 5.61. The van der Waals surface area contributed by atoms with Crippen molar-refractivity contribution in [3.8, 4) is 0 Å². The molecular formula is C17H27N3O2. The van der Waals surface area contributed by atoms with Gasteiger partial charge in [0.2, 0.25) is 5.91 Å². The summed E-state index contributed by atoms with van der Waals surface area (Å²) in [6.07, 6.45) is 12.7. The van der Waals surface area contributed by atoms with Gasteiger partial charge >= 0.3 is 0 Å². The van der Waals surface area contributed by atoms with Crippen molar-refractivity contribution in [1.82, 2.24) is 14.9 Å². The summed E-state index contributed by atoms with van der Waals surface area (Å²) in [6, 6.07) is 0.0529. The lowest BCUT2D eigenvalue weighted by Gasteiger charge is -2.57. The zero-order chi connectivity index (χ0) is 15.6. The van der Waals surface area contributed by atoms with Gasteiger partial charge in [0.15, 0.2) is 0 Å². The third-order valence-corrected chi connectivity index (χ3v) is 5.61. The van der Waals surface area contributed by atoms with Crippen molar-refractivity contribution < 1.29 is 9.53 Å². The number of hydrogen-bond acceptors (Lipinski definition) is 3. The summed E-state index contributed by atoms with van der Waals surface area (Å²) >= 11 is 0. The van der Waals surface area contributed by atoms with Crippen LogP contribution in [-0.2, 0) is 9.53 Å². The summed E-state index contributed by atoms with van der Waals surface area (Å²) in [5.74, 6) is 0.0860. The molecule has 0 radical (unpaired) electrons. The maximum atomic E-state index is 12.5. The fourth-order valence-corrected chi connectivity index (χ4v) is 4.19. The first-order valence-corrected chi connectivity index (χ1v) is 8.57. The number of nitrogens with one attached hydrogen (secondary N) is 1. The van der Waals surface area contributed by atoms with E-state index in [1.54, 1.807) is 12.5 Å². The molecule has 2 fully saturated rings. The first kappa shape index (κ1) is 15.5. The number of carbonyl (C=O) groups is 1. The first-order chi connectivity index (χ1) is 10.7. The predicted molar refractivity (Wildman–Crippen MR) is 84.4 cm³/mol. The fourth-order valence-electron chi connectivity index (χ4n) is 4.19. The van der Waals surface area contributed by atoms with E-state index < -0.39 is 0 Å². The van der Waals surface area contributed by atoms with Crippen LogP contribution in [0.25, 0.3) is 0 Å². The SMILES string of the molecule is CCO[C@@H]1C[C@@H](NC(=O)[C@@H](C)n2ccnc2)C12CCCCC2. The molecule has 3 atom stereocenters. The number of amides is 1. The highest BCUT2D eigenvalue weighted by Crippen LogP contribution is 2.53. The smallest absolute Gasteiger partial charge is 0.243 e. The van der Waals surface area contributed by atoms with Crippen molar-refractivity contribution in [2.24, 2.45) is 5.41 Å². The molecule has 0 aliphatic heterocycles. The summed E-state index contributed by atoms with van der Waals surface area (Å²) < 4.78 is 7.80. The Hall–Kier alpha value is -1.36. The van der Waals surface area contributed by atoms with Crippen molar-refractivity contribution in [2.45, 2.75) is 70.6 Å². The van der Waals surface area contributed by atoms with Crippen LogP contribution in [-0.4, -0.2) is 34.2 Å². The second-order valence-electron chi connectivity index (χ2n) is 6.72. The number of aromatic nitrogens is 2. The second-order valence-corrected chi connectivity index (χ2v) is 6.72. The molecule has 0 aromatic carbocycles. The van der Waals surface area contributed by atoms with E-state index in [1.165, 1.54) is 32.1 Å². The Morgan fingerprint density at radius 2 is 2.23 bits per heavy atom. The number of imidazole rings is 1. The molecule has 122 valence electrons. The zero-order valence-electron chi connectivity index (χ0n) is 13.6. The molecule has 1 aromatic heterocycles. The van der Waals surface area contributed by atoms with Gasteiger partial charge in [0.25, 0.3) is 0 Å². The summed E-state index contributed by atoms with van der Waals surface area (Å²) in [5, 5.41) is 3.29. The maximum absolute atomic E-state index is 12.5. The van der Waals surface area contributed by atoms with Crippen LogP contribution in [0.1, 0.15) is 58.4 Å². The Morgan fingerprint density at radius 1 is 1.45 bits per heavy atom. The molecule has 0 bridgehead atoms. The Kier molecular flexibility index (Phi) is 4.52. The predicted octanol–water partition coefficient (Wildman–Crippen LogP) is 2.69. The molecule has 5 nitrogen and oxygen atoms in total. The van der Waals surface area contributed by atoms with E-state index in [4.69, 9.17) is 4.74 Å². The second kappa shape index (κ2) is 6.41. The maximum Gasteiger partial charge on any atom is 0.243 e. The van der Waals surface area contributed by atoms with E-state index in [1.807, 2.05) is 17.7 Å². The van der Waals surface area contributed by atoms with Crippen LogP contribution in [0.2, 0.25) is 0 Å². The summed E-state index contributed by atoms with van der Waals surface area (Å²) in [6.45, 7) is 4.74. The van der Waals surface area contributed by atoms with E-state index in [-0.39, 0.29) is 23.4 Å². The first-order valence-electron chi connectivity index (χ1n) is 8.57.